The van der Waals surface area contributed by atoms with Gasteiger partial charge in [0.2, 0.25) is 0 Å². The van der Waals surface area contributed by atoms with E-state index in [-0.39, 0.29) is 11.4 Å². The Labute approximate surface area is 146 Å². The Morgan fingerprint density at radius 2 is 1.88 bits per heavy atom. The van der Waals surface area contributed by atoms with E-state index in [9.17, 15) is 13.2 Å². The van der Waals surface area contributed by atoms with Crippen molar-refractivity contribution in [3.63, 3.8) is 0 Å². The second-order valence-corrected chi connectivity index (χ2v) is 5.67. The number of nitrogens with zero attached hydrogens (tertiary/aromatic N) is 3. The van der Waals surface area contributed by atoms with E-state index >= 15 is 0 Å². The van der Waals surface area contributed by atoms with Crippen LogP contribution in [-0.2, 0) is 6.18 Å². The summed E-state index contributed by atoms with van der Waals surface area (Å²) in [5, 5.41) is 2.96. The van der Waals surface area contributed by atoms with Crippen LogP contribution in [0.25, 0.3) is 16.6 Å². The quantitative estimate of drug-likeness (QED) is 0.579. The number of imidazole rings is 1. The molecule has 0 radical (unpaired) electrons. The molecule has 26 heavy (non-hydrogen) atoms. The van der Waals surface area contributed by atoms with E-state index < -0.39 is 11.7 Å². The van der Waals surface area contributed by atoms with Crippen molar-refractivity contribution in [2.45, 2.75) is 6.18 Å². The van der Waals surface area contributed by atoms with Crippen molar-refractivity contribution in [3.05, 3.63) is 60.6 Å². The Bertz CT molecular complexity index is 1100. The molecular formula is C18H13F3N4O. The third-order valence-electron chi connectivity index (χ3n) is 3.99. The molecule has 5 nitrogen and oxygen atoms in total. The molecule has 0 fully saturated rings. The molecule has 2 heterocycles. The minimum Gasteiger partial charge on any atom is -0.497 e. The molecule has 0 aliphatic heterocycles. The van der Waals surface area contributed by atoms with Crippen LogP contribution in [0.5, 0.6) is 5.75 Å². The highest BCUT2D eigenvalue weighted by atomic mass is 19.4. The number of fused-ring (bicyclic) bond motifs is 3. The zero-order valence-electron chi connectivity index (χ0n) is 13.6. The van der Waals surface area contributed by atoms with Crippen LogP contribution in [0.3, 0.4) is 0 Å². The molecule has 0 bridgehead atoms. The fraction of sp³-hybridized carbons (Fsp3) is 0.111. The first-order valence-electron chi connectivity index (χ1n) is 7.70. The summed E-state index contributed by atoms with van der Waals surface area (Å²) in [6.07, 6.45) is -1.24. The van der Waals surface area contributed by atoms with E-state index in [2.05, 4.69) is 15.3 Å². The number of anilines is 2. The van der Waals surface area contributed by atoms with Gasteiger partial charge < -0.3 is 10.1 Å². The lowest BCUT2D eigenvalue weighted by atomic mass is 10.1. The third-order valence-corrected chi connectivity index (χ3v) is 3.99. The van der Waals surface area contributed by atoms with Crippen LogP contribution in [0.2, 0.25) is 0 Å². The van der Waals surface area contributed by atoms with Gasteiger partial charge in [-0.05, 0) is 24.3 Å². The summed E-state index contributed by atoms with van der Waals surface area (Å²) in [6.45, 7) is 0. The van der Waals surface area contributed by atoms with Crippen molar-refractivity contribution in [3.8, 4) is 5.75 Å². The lowest BCUT2D eigenvalue weighted by molar-refractivity contribution is -0.137. The molecule has 0 spiro atoms. The van der Waals surface area contributed by atoms with Gasteiger partial charge >= 0.3 is 6.18 Å². The Balaban J connectivity index is 1.85. The van der Waals surface area contributed by atoms with Crippen molar-refractivity contribution in [1.29, 1.82) is 0 Å². The molecule has 0 aliphatic carbocycles. The smallest absolute Gasteiger partial charge is 0.416 e. The maximum absolute atomic E-state index is 13.1. The zero-order valence-corrected chi connectivity index (χ0v) is 13.6. The highest BCUT2D eigenvalue weighted by Crippen LogP contribution is 2.35. The van der Waals surface area contributed by atoms with E-state index in [0.29, 0.717) is 16.9 Å². The van der Waals surface area contributed by atoms with Crippen LogP contribution in [0.1, 0.15) is 5.56 Å². The molecule has 4 aromatic rings. The predicted octanol–water partition coefficient (Wildman–Crippen LogP) is 4.65. The first-order chi connectivity index (χ1) is 12.5. The number of hydrogen-bond acceptors (Lipinski definition) is 4. The number of benzene rings is 2. The van der Waals surface area contributed by atoms with Gasteiger partial charge in [0, 0.05) is 11.8 Å². The fourth-order valence-electron chi connectivity index (χ4n) is 2.78. The molecule has 1 N–H and O–H groups in total. The van der Waals surface area contributed by atoms with Crippen molar-refractivity contribution in [2.24, 2.45) is 0 Å². The fourth-order valence-corrected chi connectivity index (χ4v) is 2.78. The van der Waals surface area contributed by atoms with Crippen LogP contribution < -0.4 is 10.1 Å². The molecule has 0 amide bonds. The van der Waals surface area contributed by atoms with Crippen molar-refractivity contribution in [2.75, 3.05) is 12.4 Å². The molecule has 8 heteroatoms. The van der Waals surface area contributed by atoms with Gasteiger partial charge in [-0.3, -0.25) is 4.40 Å². The summed E-state index contributed by atoms with van der Waals surface area (Å²) in [5.74, 6) is 0.509. The number of para-hydroxylation sites is 2. The van der Waals surface area contributed by atoms with E-state index in [4.69, 9.17) is 4.74 Å². The van der Waals surface area contributed by atoms with Gasteiger partial charge in [-0.2, -0.15) is 13.2 Å². The van der Waals surface area contributed by atoms with Gasteiger partial charge in [0.25, 0.3) is 0 Å². The number of halogens is 3. The first kappa shape index (κ1) is 16.2. The summed E-state index contributed by atoms with van der Waals surface area (Å²) in [7, 11) is 1.32. The van der Waals surface area contributed by atoms with Crippen molar-refractivity contribution in [1.82, 2.24) is 14.4 Å². The average molecular weight is 358 g/mol. The monoisotopic (exact) mass is 358 g/mol. The van der Waals surface area contributed by atoms with Gasteiger partial charge in [-0.1, -0.05) is 12.1 Å². The van der Waals surface area contributed by atoms with Crippen LogP contribution in [0.4, 0.5) is 24.7 Å². The molecule has 2 aromatic heterocycles. The molecule has 132 valence electrons. The number of hydrogen-bond donors (Lipinski definition) is 1. The lowest BCUT2D eigenvalue weighted by Crippen LogP contribution is -2.07. The minimum atomic E-state index is -4.48. The van der Waals surface area contributed by atoms with E-state index in [0.717, 1.165) is 17.6 Å². The summed E-state index contributed by atoms with van der Waals surface area (Å²) >= 11 is 0. The minimum absolute atomic E-state index is 0.104. The maximum Gasteiger partial charge on any atom is 0.416 e. The average Bonchev–Trinajstić information content (AvgIpc) is 3.11. The molecule has 0 atom stereocenters. The number of methoxy groups -OCH3 is 1. The normalized spacial score (nSPS) is 11.8. The predicted molar refractivity (Wildman–Crippen MR) is 91.8 cm³/mol. The van der Waals surface area contributed by atoms with Crippen LogP contribution >= 0.6 is 0 Å². The Kier molecular flexibility index (Phi) is 3.68. The number of alkyl halides is 3. The number of rotatable bonds is 3. The maximum atomic E-state index is 13.1. The van der Waals surface area contributed by atoms with E-state index in [1.165, 1.54) is 13.2 Å². The van der Waals surface area contributed by atoms with Gasteiger partial charge in [-0.25, -0.2) is 9.97 Å². The molecule has 4 rings (SSSR count). The molecule has 0 aliphatic rings. The van der Waals surface area contributed by atoms with Crippen molar-refractivity contribution < 1.29 is 17.9 Å². The number of nitrogens with one attached hydrogen (secondary N) is 1. The van der Waals surface area contributed by atoms with Crippen LogP contribution in [0.15, 0.2) is 55.0 Å². The number of ether oxygens (including phenoxy) is 1. The van der Waals surface area contributed by atoms with Crippen LogP contribution in [-0.4, -0.2) is 21.5 Å². The Morgan fingerprint density at radius 1 is 1.08 bits per heavy atom. The van der Waals surface area contributed by atoms with E-state index in [1.807, 2.05) is 28.7 Å². The summed E-state index contributed by atoms with van der Waals surface area (Å²) in [4.78, 5) is 8.65. The second-order valence-electron chi connectivity index (χ2n) is 5.67. The molecule has 0 saturated carbocycles. The van der Waals surface area contributed by atoms with Gasteiger partial charge in [0.1, 0.15) is 11.3 Å². The van der Waals surface area contributed by atoms with E-state index in [1.54, 1.807) is 12.5 Å². The SMILES string of the molecule is COc1cc(Nc2nc3ccccc3n3cncc23)cc(C(F)(F)F)c1. The van der Waals surface area contributed by atoms with Gasteiger partial charge in [0.05, 0.1) is 36.2 Å². The largest absolute Gasteiger partial charge is 0.497 e. The highest BCUT2D eigenvalue weighted by molar-refractivity contribution is 5.85. The number of aromatic nitrogens is 3. The van der Waals surface area contributed by atoms with Gasteiger partial charge in [0.15, 0.2) is 5.82 Å². The first-order valence-corrected chi connectivity index (χ1v) is 7.70. The topological polar surface area (TPSA) is 51.5 Å². The molecule has 0 saturated heterocycles. The summed E-state index contributed by atoms with van der Waals surface area (Å²) < 4.78 is 46.2. The summed E-state index contributed by atoms with van der Waals surface area (Å²) in [6, 6.07) is 10.9. The Morgan fingerprint density at radius 3 is 2.65 bits per heavy atom. The molecule has 0 unspecified atom stereocenters. The second kappa shape index (κ2) is 5.91. The zero-order chi connectivity index (χ0) is 18.3. The van der Waals surface area contributed by atoms with Crippen LogP contribution in [0, 0.1) is 0 Å². The highest BCUT2D eigenvalue weighted by Gasteiger charge is 2.31. The third kappa shape index (κ3) is 2.79. The summed E-state index contributed by atoms with van der Waals surface area (Å²) in [5.41, 5.74) is 1.62. The molecule has 2 aromatic carbocycles. The Hall–Kier alpha value is -3.29. The van der Waals surface area contributed by atoms with Crippen molar-refractivity contribution >= 4 is 28.1 Å². The molecular weight excluding hydrogens is 345 g/mol. The standard InChI is InChI=1S/C18H13F3N4O/c1-26-13-7-11(18(19,20)21)6-12(8-13)23-17-16-9-22-10-25(16)15-5-3-2-4-14(15)24-17/h2-10H,1H3,(H,23,24). The lowest BCUT2D eigenvalue weighted by Gasteiger charge is -2.14. The van der Waals surface area contributed by atoms with Gasteiger partial charge in [-0.15, -0.1) is 0 Å².